The van der Waals surface area contributed by atoms with E-state index in [0.29, 0.717) is 35.1 Å². The van der Waals surface area contributed by atoms with E-state index < -0.39 is 0 Å². The fraction of sp³-hybridized carbons (Fsp3) is 0.250. The molecule has 1 aromatic carbocycles. The molecule has 1 amide bonds. The number of nitrogens with zero attached hydrogens (tertiary/aromatic N) is 4. The van der Waals surface area contributed by atoms with Crippen LogP contribution in [0, 0.1) is 13.8 Å². The highest BCUT2D eigenvalue weighted by Crippen LogP contribution is 2.32. The number of nitrogens with one attached hydrogen (secondary N) is 1. The highest BCUT2D eigenvalue weighted by Gasteiger charge is 2.30. The molecule has 0 bridgehead atoms. The lowest BCUT2D eigenvalue weighted by atomic mass is 9.91. The Labute approximate surface area is 162 Å². The maximum absolute atomic E-state index is 12.7. The Balaban J connectivity index is 1.78. The number of carbonyl (C=O) groups excluding carboxylic acids is 1. The van der Waals surface area contributed by atoms with Gasteiger partial charge >= 0.3 is 0 Å². The van der Waals surface area contributed by atoms with Gasteiger partial charge in [0.2, 0.25) is 11.8 Å². The van der Waals surface area contributed by atoms with E-state index >= 15 is 0 Å². The molecule has 0 unspecified atom stereocenters. The number of amides is 1. The van der Waals surface area contributed by atoms with Crippen molar-refractivity contribution in [1.82, 2.24) is 25.3 Å². The first-order chi connectivity index (χ1) is 13.5. The summed E-state index contributed by atoms with van der Waals surface area (Å²) in [6.07, 6.45) is 2.23. The summed E-state index contributed by atoms with van der Waals surface area (Å²) >= 11 is 0. The fourth-order valence-electron chi connectivity index (χ4n) is 3.53. The zero-order chi connectivity index (χ0) is 19.8. The number of ether oxygens (including phenoxy) is 1. The summed E-state index contributed by atoms with van der Waals surface area (Å²) in [5.74, 6) is 1.02. The van der Waals surface area contributed by atoms with Crippen molar-refractivity contribution in [3.05, 3.63) is 58.5 Å². The molecule has 1 aliphatic rings. The van der Waals surface area contributed by atoms with E-state index in [2.05, 4.69) is 25.3 Å². The summed E-state index contributed by atoms with van der Waals surface area (Å²) in [4.78, 5) is 30.1. The second kappa shape index (κ2) is 6.88. The minimum Gasteiger partial charge on any atom is -0.481 e. The Morgan fingerprint density at radius 3 is 2.75 bits per heavy atom. The SMILES string of the molecule is COc1nc(-c2ccccc2[C@H]2Cc3nc(N)nc(C)c3C(=O)N2)ncc1C. The molecule has 0 radical (unpaired) electrons. The molecule has 0 spiro atoms. The third-order valence-electron chi connectivity index (χ3n) is 4.81. The number of rotatable bonds is 3. The third-order valence-corrected chi connectivity index (χ3v) is 4.81. The maximum Gasteiger partial charge on any atom is 0.255 e. The molecule has 0 fully saturated rings. The average molecular weight is 376 g/mol. The predicted molar refractivity (Wildman–Crippen MR) is 104 cm³/mol. The Morgan fingerprint density at radius 2 is 1.96 bits per heavy atom. The number of anilines is 1. The van der Waals surface area contributed by atoms with Gasteiger partial charge in [0.25, 0.3) is 5.91 Å². The summed E-state index contributed by atoms with van der Waals surface area (Å²) in [6.45, 7) is 3.65. The third kappa shape index (κ3) is 3.02. The summed E-state index contributed by atoms with van der Waals surface area (Å²) in [6, 6.07) is 7.45. The van der Waals surface area contributed by atoms with Crippen LogP contribution in [0.3, 0.4) is 0 Å². The van der Waals surface area contributed by atoms with Gasteiger partial charge in [-0.05, 0) is 19.4 Å². The Morgan fingerprint density at radius 1 is 1.18 bits per heavy atom. The monoisotopic (exact) mass is 376 g/mol. The van der Waals surface area contributed by atoms with Crippen molar-refractivity contribution >= 4 is 11.9 Å². The van der Waals surface area contributed by atoms with Crippen molar-refractivity contribution in [2.24, 2.45) is 0 Å². The molecule has 4 rings (SSSR count). The molecule has 8 nitrogen and oxygen atoms in total. The maximum atomic E-state index is 12.7. The largest absolute Gasteiger partial charge is 0.481 e. The van der Waals surface area contributed by atoms with Gasteiger partial charge in [-0.3, -0.25) is 4.79 Å². The number of hydrogen-bond donors (Lipinski definition) is 2. The van der Waals surface area contributed by atoms with Crippen LogP contribution >= 0.6 is 0 Å². The van der Waals surface area contributed by atoms with Gasteiger partial charge < -0.3 is 15.8 Å². The van der Waals surface area contributed by atoms with Gasteiger partial charge in [0.05, 0.1) is 30.1 Å². The standard InChI is InChI=1S/C20H20N6O2/c1-10-9-22-17(26-19(10)28-3)13-7-5-4-6-12(13)14-8-15-16(18(27)24-14)11(2)23-20(21)25-15/h4-7,9,14H,8H2,1-3H3,(H,24,27)(H2,21,23,25)/t14-/m1/s1. The second-order valence-electron chi connectivity index (χ2n) is 6.69. The molecule has 1 atom stereocenters. The second-order valence-corrected chi connectivity index (χ2v) is 6.69. The van der Waals surface area contributed by atoms with Crippen molar-refractivity contribution in [2.75, 3.05) is 12.8 Å². The first-order valence-electron chi connectivity index (χ1n) is 8.88. The first-order valence-corrected chi connectivity index (χ1v) is 8.88. The van der Waals surface area contributed by atoms with Gasteiger partial charge in [-0.15, -0.1) is 0 Å². The number of aryl methyl sites for hydroxylation is 2. The number of hydrogen-bond acceptors (Lipinski definition) is 7. The molecular formula is C20H20N6O2. The summed E-state index contributed by atoms with van der Waals surface area (Å²) in [7, 11) is 1.58. The van der Waals surface area contributed by atoms with Crippen LogP contribution in [-0.2, 0) is 6.42 Å². The molecule has 0 aliphatic carbocycles. The lowest BCUT2D eigenvalue weighted by Gasteiger charge is -2.27. The fourth-order valence-corrected chi connectivity index (χ4v) is 3.53. The lowest BCUT2D eigenvalue weighted by Crippen LogP contribution is -2.37. The average Bonchev–Trinajstić information content (AvgIpc) is 2.67. The minimum absolute atomic E-state index is 0.171. The van der Waals surface area contributed by atoms with Crippen LogP contribution in [0.25, 0.3) is 11.4 Å². The lowest BCUT2D eigenvalue weighted by molar-refractivity contribution is 0.0922. The number of benzene rings is 1. The molecule has 142 valence electrons. The number of methoxy groups -OCH3 is 1. The summed E-state index contributed by atoms with van der Waals surface area (Å²) < 4.78 is 5.33. The van der Waals surface area contributed by atoms with Gasteiger partial charge in [0, 0.05) is 23.7 Å². The molecule has 8 heteroatoms. The molecule has 0 saturated carbocycles. The van der Waals surface area contributed by atoms with Crippen molar-refractivity contribution in [1.29, 1.82) is 0 Å². The van der Waals surface area contributed by atoms with E-state index in [9.17, 15) is 4.79 Å². The molecule has 2 aromatic heterocycles. The van der Waals surface area contributed by atoms with E-state index in [1.54, 1.807) is 20.2 Å². The number of fused-ring (bicyclic) bond motifs is 1. The normalized spacial score (nSPS) is 15.7. The molecule has 3 N–H and O–H groups in total. The van der Waals surface area contributed by atoms with Crippen LogP contribution in [0.2, 0.25) is 0 Å². The van der Waals surface area contributed by atoms with E-state index in [1.807, 2.05) is 31.2 Å². The molecule has 1 aliphatic heterocycles. The summed E-state index contributed by atoms with van der Waals surface area (Å²) in [5.41, 5.74) is 10.1. The Bertz CT molecular complexity index is 1080. The van der Waals surface area contributed by atoms with E-state index in [4.69, 9.17) is 10.5 Å². The van der Waals surface area contributed by atoms with Crippen LogP contribution in [0.1, 0.15) is 38.9 Å². The first kappa shape index (κ1) is 17.8. The van der Waals surface area contributed by atoms with E-state index in [0.717, 1.165) is 16.7 Å². The van der Waals surface area contributed by atoms with Crippen LogP contribution in [0.15, 0.2) is 30.5 Å². The zero-order valence-corrected chi connectivity index (χ0v) is 15.9. The smallest absolute Gasteiger partial charge is 0.255 e. The van der Waals surface area contributed by atoms with Crippen LogP contribution in [0.4, 0.5) is 5.95 Å². The molecule has 0 saturated heterocycles. The number of nitrogens with two attached hydrogens (primary N) is 1. The van der Waals surface area contributed by atoms with Crippen LogP contribution in [-0.4, -0.2) is 33.0 Å². The molecular weight excluding hydrogens is 356 g/mol. The van der Waals surface area contributed by atoms with Crippen molar-refractivity contribution in [3.63, 3.8) is 0 Å². The van der Waals surface area contributed by atoms with Gasteiger partial charge in [0.15, 0.2) is 5.82 Å². The van der Waals surface area contributed by atoms with Gasteiger partial charge in [-0.2, -0.15) is 4.98 Å². The van der Waals surface area contributed by atoms with E-state index in [-0.39, 0.29) is 17.9 Å². The van der Waals surface area contributed by atoms with Crippen LogP contribution < -0.4 is 15.8 Å². The van der Waals surface area contributed by atoms with E-state index in [1.165, 1.54) is 0 Å². The Hall–Kier alpha value is -3.55. The van der Waals surface area contributed by atoms with Gasteiger partial charge in [-0.25, -0.2) is 15.0 Å². The number of aromatic nitrogens is 4. The number of nitrogen functional groups attached to an aromatic ring is 1. The van der Waals surface area contributed by atoms with Crippen LogP contribution in [0.5, 0.6) is 5.88 Å². The molecule has 28 heavy (non-hydrogen) atoms. The number of carbonyl (C=O) groups is 1. The summed E-state index contributed by atoms with van der Waals surface area (Å²) in [5, 5.41) is 3.05. The Kier molecular flexibility index (Phi) is 4.38. The quantitative estimate of drug-likeness (QED) is 0.719. The molecule has 3 heterocycles. The highest BCUT2D eigenvalue weighted by molar-refractivity contribution is 5.98. The van der Waals surface area contributed by atoms with Crippen molar-refractivity contribution < 1.29 is 9.53 Å². The zero-order valence-electron chi connectivity index (χ0n) is 15.9. The predicted octanol–water partition coefficient (Wildman–Crippen LogP) is 2.17. The van der Waals surface area contributed by atoms with Crippen molar-refractivity contribution in [2.45, 2.75) is 26.3 Å². The van der Waals surface area contributed by atoms with Crippen molar-refractivity contribution in [3.8, 4) is 17.3 Å². The topological polar surface area (TPSA) is 116 Å². The minimum atomic E-state index is -0.277. The highest BCUT2D eigenvalue weighted by atomic mass is 16.5. The molecule has 3 aromatic rings. The van der Waals surface area contributed by atoms with Gasteiger partial charge in [0.1, 0.15) is 0 Å². The van der Waals surface area contributed by atoms with Gasteiger partial charge in [-0.1, -0.05) is 24.3 Å².